The minimum atomic E-state index is -0.112. The first-order valence-corrected chi connectivity index (χ1v) is 4.75. The van der Waals surface area contributed by atoms with E-state index >= 15 is 0 Å². The maximum atomic E-state index is 10.4. The minimum absolute atomic E-state index is 0.112. The van der Waals surface area contributed by atoms with E-state index in [0.717, 1.165) is 31.1 Å². The SMILES string of the molecule is CCCC(C)(CC=C(C)C=O)OC. The van der Waals surface area contributed by atoms with Gasteiger partial charge in [0.1, 0.15) is 6.29 Å². The maximum Gasteiger partial charge on any atom is 0.145 e. The molecule has 0 aromatic carbocycles. The van der Waals surface area contributed by atoms with Crippen LogP contribution in [0.3, 0.4) is 0 Å². The molecule has 0 aromatic heterocycles. The van der Waals surface area contributed by atoms with Crippen LogP contribution in [0.2, 0.25) is 0 Å². The monoisotopic (exact) mass is 184 g/mol. The van der Waals surface area contributed by atoms with Gasteiger partial charge in [0.25, 0.3) is 0 Å². The van der Waals surface area contributed by atoms with Crippen molar-refractivity contribution in [2.24, 2.45) is 0 Å². The van der Waals surface area contributed by atoms with Gasteiger partial charge in [0.15, 0.2) is 0 Å². The molecule has 0 radical (unpaired) electrons. The Kier molecular flexibility index (Phi) is 5.63. The van der Waals surface area contributed by atoms with Gasteiger partial charge in [0.05, 0.1) is 5.60 Å². The molecule has 13 heavy (non-hydrogen) atoms. The number of carbonyl (C=O) groups is 1. The number of aldehydes is 1. The first kappa shape index (κ1) is 12.4. The third-order valence-corrected chi connectivity index (χ3v) is 2.31. The van der Waals surface area contributed by atoms with Crippen LogP contribution in [0.25, 0.3) is 0 Å². The van der Waals surface area contributed by atoms with E-state index in [4.69, 9.17) is 4.74 Å². The summed E-state index contributed by atoms with van der Waals surface area (Å²) in [6, 6.07) is 0. The van der Waals surface area contributed by atoms with E-state index in [1.807, 2.05) is 13.0 Å². The summed E-state index contributed by atoms with van der Waals surface area (Å²) in [6.45, 7) is 6.02. The smallest absolute Gasteiger partial charge is 0.145 e. The molecule has 0 heterocycles. The van der Waals surface area contributed by atoms with Gasteiger partial charge in [-0.25, -0.2) is 0 Å². The Labute approximate surface area is 81.0 Å². The summed E-state index contributed by atoms with van der Waals surface area (Å²) in [5.41, 5.74) is 0.665. The number of ether oxygens (including phenoxy) is 1. The van der Waals surface area contributed by atoms with Gasteiger partial charge in [-0.3, -0.25) is 4.79 Å². The highest BCUT2D eigenvalue weighted by molar-refractivity contribution is 5.71. The fraction of sp³-hybridized carbons (Fsp3) is 0.727. The van der Waals surface area contributed by atoms with Crippen LogP contribution in [0.1, 0.15) is 40.0 Å². The third kappa shape index (κ3) is 4.83. The Morgan fingerprint density at radius 3 is 2.54 bits per heavy atom. The van der Waals surface area contributed by atoms with Crippen LogP contribution >= 0.6 is 0 Å². The van der Waals surface area contributed by atoms with Crippen LogP contribution in [-0.4, -0.2) is 19.0 Å². The molecule has 0 spiro atoms. The Hall–Kier alpha value is -0.630. The zero-order valence-electron chi connectivity index (χ0n) is 9.09. The predicted molar refractivity (Wildman–Crippen MR) is 54.8 cm³/mol. The Bertz CT molecular complexity index is 185. The molecule has 0 saturated carbocycles. The molecule has 0 aromatic rings. The summed E-state index contributed by atoms with van der Waals surface area (Å²) >= 11 is 0. The molecule has 0 aliphatic carbocycles. The van der Waals surface area contributed by atoms with Crippen LogP contribution in [0.4, 0.5) is 0 Å². The Morgan fingerprint density at radius 2 is 2.15 bits per heavy atom. The second-order valence-electron chi connectivity index (χ2n) is 3.67. The highest BCUT2D eigenvalue weighted by Crippen LogP contribution is 2.21. The summed E-state index contributed by atoms with van der Waals surface area (Å²) in [7, 11) is 1.72. The van der Waals surface area contributed by atoms with Gasteiger partial charge in [0.2, 0.25) is 0 Å². The first-order chi connectivity index (χ1) is 6.08. The predicted octanol–water partition coefficient (Wildman–Crippen LogP) is 2.73. The quantitative estimate of drug-likeness (QED) is 0.468. The van der Waals surface area contributed by atoms with Gasteiger partial charge in [-0.05, 0) is 32.3 Å². The number of hydrogen-bond donors (Lipinski definition) is 0. The fourth-order valence-corrected chi connectivity index (χ4v) is 1.24. The minimum Gasteiger partial charge on any atom is -0.378 e. The summed E-state index contributed by atoms with van der Waals surface area (Å²) in [4.78, 5) is 10.4. The van der Waals surface area contributed by atoms with Crippen molar-refractivity contribution < 1.29 is 9.53 Å². The van der Waals surface area contributed by atoms with Gasteiger partial charge in [-0.15, -0.1) is 0 Å². The molecular formula is C11H20O2. The molecular weight excluding hydrogens is 164 g/mol. The largest absolute Gasteiger partial charge is 0.378 e. The second kappa shape index (κ2) is 5.92. The summed E-state index contributed by atoms with van der Waals surface area (Å²) in [6.07, 6.45) is 5.74. The lowest BCUT2D eigenvalue weighted by molar-refractivity contribution is -0.104. The number of methoxy groups -OCH3 is 1. The van der Waals surface area contributed by atoms with Crippen LogP contribution in [-0.2, 0) is 9.53 Å². The van der Waals surface area contributed by atoms with Crippen molar-refractivity contribution in [3.05, 3.63) is 11.6 Å². The molecule has 1 atom stereocenters. The third-order valence-electron chi connectivity index (χ3n) is 2.31. The van der Waals surface area contributed by atoms with Crippen molar-refractivity contribution in [1.82, 2.24) is 0 Å². The van der Waals surface area contributed by atoms with Crippen LogP contribution in [0.15, 0.2) is 11.6 Å². The van der Waals surface area contributed by atoms with Crippen molar-refractivity contribution in [2.45, 2.75) is 45.6 Å². The number of rotatable bonds is 6. The van der Waals surface area contributed by atoms with Crippen molar-refractivity contribution >= 4 is 6.29 Å². The normalized spacial score (nSPS) is 16.8. The molecule has 1 unspecified atom stereocenters. The average Bonchev–Trinajstić information content (AvgIpc) is 2.15. The van der Waals surface area contributed by atoms with E-state index in [9.17, 15) is 4.79 Å². The highest BCUT2D eigenvalue weighted by Gasteiger charge is 2.20. The molecule has 0 saturated heterocycles. The molecule has 0 aliphatic heterocycles. The van der Waals surface area contributed by atoms with Gasteiger partial charge >= 0.3 is 0 Å². The number of carbonyl (C=O) groups excluding carboxylic acids is 1. The number of allylic oxidation sites excluding steroid dienone is 1. The summed E-state index contributed by atoms with van der Waals surface area (Å²) < 4.78 is 5.41. The van der Waals surface area contributed by atoms with Crippen LogP contribution in [0, 0.1) is 0 Å². The number of hydrogen-bond acceptors (Lipinski definition) is 2. The van der Waals surface area contributed by atoms with E-state index in [-0.39, 0.29) is 5.60 Å². The van der Waals surface area contributed by atoms with Gasteiger partial charge in [-0.2, -0.15) is 0 Å². The lowest BCUT2D eigenvalue weighted by Gasteiger charge is -2.26. The topological polar surface area (TPSA) is 26.3 Å². The van der Waals surface area contributed by atoms with Crippen molar-refractivity contribution in [2.75, 3.05) is 7.11 Å². The first-order valence-electron chi connectivity index (χ1n) is 4.75. The van der Waals surface area contributed by atoms with Gasteiger partial charge in [0, 0.05) is 7.11 Å². The van der Waals surface area contributed by atoms with Crippen molar-refractivity contribution in [3.8, 4) is 0 Å². The van der Waals surface area contributed by atoms with E-state index in [0.29, 0.717) is 0 Å². The van der Waals surface area contributed by atoms with E-state index in [1.165, 1.54) is 0 Å². The lowest BCUT2D eigenvalue weighted by Crippen LogP contribution is -2.26. The zero-order chi connectivity index (χ0) is 10.3. The lowest BCUT2D eigenvalue weighted by atomic mass is 9.95. The molecule has 2 heteroatoms. The van der Waals surface area contributed by atoms with Gasteiger partial charge in [-0.1, -0.05) is 19.4 Å². The molecule has 2 nitrogen and oxygen atoms in total. The summed E-state index contributed by atoms with van der Waals surface area (Å²) in [5, 5.41) is 0. The molecule has 0 bridgehead atoms. The Morgan fingerprint density at radius 1 is 1.54 bits per heavy atom. The van der Waals surface area contributed by atoms with Crippen LogP contribution in [0.5, 0.6) is 0 Å². The maximum absolute atomic E-state index is 10.4. The van der Waals surface area contributed by atoms with Crippen LogP contribution < -0.4 is 0 Å². The highest BCUT2D eigenvalue weighted by atomic mass is 16.5. The molecule has 0 rings (SSSR count). The summed E-state index contributed by atoms with van der Waals surface area (Å²) in [5.74, 6) is 0. The zero-order valence-corrected chi connectivity index (χ0v) is 9.09. The molecule has 0 amide bonds. The Balaban J connectivity index is 4.18. The molecule has 0 aliphatic rings. The second-order valence-corrected chi connectivity index (χ2v) is 3.67. The van der Waals surface area contributed by atoms with Gasteiger partial charge < -0.3 is 4.74 Å². The average molecular weight is 184 g/mol. The van der Waals surface area contributed by atoms with E-state index < -0.39 is 0 Å². The van der Waals surface area contributed by atoms with Crippen molar-refractivity contribution in [3.63, 3.8) is 0 Å². The van der Waals surface area contributed by atoms with E-state index in [2.05, 4.69) is 13.8 Å². The molecule has 76 valence electrons. The molecule has 0 N–H and O–H groups in total. The fourth-order valence-electron chi connectivity index (χ4n) is 1.24. The standard InChI is InChI=1S/C11H20O2/c1-5-7-11(3,13-4)8-6-10(2)9-12/h6,9H,5,7-8H2,1-4H3. The van der Waals surface area contributed by atoms with E-state index in [1.54, 1.807) is 7.11 Å². The van der Waals surface area contributed by atoms with Crippen molar-refractivity contribution in [1.29, 1.82) is 0 Å². The molecule has 0 fully saturated rings.